The van der Waals surface area contributed by atoms with E-state index in [2.05, 4.69) is 15.6 Å². The Kier molecular flexibility index (Phi) is 6.26. The molecule has 0 aliphatic heterocycles. The molecule has 1 heterocycles. The number of aromatic nitrogens is 1. The van der Waals surface area contributed by atoms with E-state index in [1.165, 1.54) is 0 Å². The molecule has 1 aliphatic carbocycles. The van der Waals surface area contributed by atoms with Crippen molar-refractivity contribution < 1.29 is 24.2 Å². The number of nitrogens with one attached hydrogen (secondary N) is 3. The van der Waals surface area contributed by atoms with Crippen LogP contribution in [-0.2, 0) is 9.53 Å². The second-order valence-electron chi connectivity index (χ2n) is 8.60. The van der Waals surface area contributed by atoms with E-state index < -0.39 is 35.7 Å². The Bertz CT molecular complexity index is 965. The standard InChI is InChI=1S/C21H26ClN3O5/c1-21(2,3)30-20(29)25-16-9-11(19(27)28)4-6-15(16)24-18(26)17-10-12-8-13(22)5-7-14(12)23-17/h5,7-8,10-11,15-16,23H,4,6,9H2,1-3H3,(H,24,26)(H,25,29)(H,27,28)/t11-,15?,16?/m1/s1. The molecule has 0 spiro atoms. The topological polar surface area (TPSA) is 121 Å². The van der Waals surface area contributed by atoms with Crippen molar-refractivity contribution in [3.05, 3.63) is 35.0 Å². The van der Waals surface area contributed by atoms with Gasteiger partial charge in [0.25, 0.3) is 5.91 Å². The fourth-order valence-corrected chi connectivity index (χ4v) is 3.84. The molecule has 1 aromatic heterocycles. The van der Waals surface area contributed by atoms with Gasteiger partial charge >= 0.3 is 12.1 Å². The van der Waals surface area contributed by atoms with Crippen LogP contribution < -0.4 is 10.6 Å². The molecule has 9 heteroatoms. The third-order valence-electron chi connectivity index (χ3n) is 5.05. The zero-order chi connectivity index (χ0) is 22.1. The first-order valence-corrected chi connectivity index (χ1v) is 10.2. The molecule has 3 rings (SSSR count). The maximum Gasteiger partial charge on any atom is 0.407 e. The molecule has 162 valence electrons. The van der Waals surface area contributed by atoms with E-state index in [0.717, 1.165) is 10.9 Å². The Hall–Kier alpha value is -2.74. The van der Waals surface area contributed by atoms with Crippen molar-refractivity contribution >= 4 is 40.5 Å². The van der Waals surface area contributed by atoms with Crippen LogP contribution in [0.25, 0.3) is 10.9 Å². The number of amides is 2. The van der Waals surface area contributed by atoms with Gasteiger partial charge in [-0.15, -0.1) is 0 Å². The lowest BCUT2D eigenvalue weighted by Crippen LogP contribution is -2.55. The predicted octanol–water partition coefficient (Wildman–Crippen LogP) is 3.70. The molecule has 0 saturated heterocycles. The number of carbonyl (C=O) groups excluding carboxylic acids is 2. The Morgan fingerprint density at radius 3 is 2.53 bits per heavy atom. The van der Waals surface area contributed by atoms with Gasteiger partial charge in [-0.2, -0.15) is 0 Å². The molecule has 4 N–H and O–H groups in total. The molecule has 30 heavy (non-hydrogen) atoms. The van der Waals surface area contributed by atoms with E-state index in [-0.39, 0.29) is 12.3 Å². The zero-order valence-corrected chi connectivity index (χ0v) is 17.9. The second kappa shape index (κ2) is 8.55. The molecule has 1 aromatic carbocycles. The lowest BCUT2D eigenvalue weighted by atomic mass is 9.82. The fraction of sp³-hybridized carbons (Fsp3) is 0.476. The average Bonchev–Trinajstić information content (AvgIpc) is 3.04. The van der Waals surface area contributed by atoms with Crippen LogP contribution in [0.15, 0.2) is 24.3 Å². The van der Waals surface area contributed by atoms with E-state index in [9.17, 15) is 19.5 Å². The summed E-state index contributed by atoms with van der Waals surface area (Å²) in [6.45, 7) is 5.23. The molecule has 0 bridgehead atoms. The van der Waals surface area contributed by atoms with Crippen molar-refractivity contribution in [1.82, 2.24) is 15.6 Å². The average molecular weight is 436 g/mol. The van der Waals surface area contributed by atoms with Gasteiger partial charge in [0.15, 0.2) is 0 Å². The van der Waals surface area contributed by atoms with Crippen molar-refractivity contribution in [2.75, 3.05) is 0 Å². The van der Waals surface area contributed by atoms with Gasteiger partial charge in [0.05, 0.1) is 12.0 Å². The monoisotopic (exact) mass is 435 g/mol. The van der Waals surface area contributed by atoms with Crippen LogP contribution in [0.3, 0.4) is 0 Å². The maximum absolute atomic E-state index is 12.8. The number of benzene rings is 1. The van der Waals surface area contributed by atoms with Crippen molar-refractivity contribution in [3.63, 3.8) is 0 Å². The number of carboxylic acid groups (broad SMARTS) is 1. The van der Waals surface area contributed by atoms with Crippen molar-refractivity contribution in [2.45, 2.75) is 57.7 Å². The summed E-state index contributed by atoms with van der Waals surface area (Å²) in [5.74, 6) is -1.84. The molecular weight excluding hydrogens is 410 g/mol. The van der Waals surface area contributed by atoms with Gasteiger partial charge in [-0.3, -0.25) is 9.59 Å². The molecular formula is C21H26ClN3O5. The highest BCUT2D eigenvalue weighted by atomic mass is 35.5. The molecule has 3 atom stereocenters. The van der Waals surface area contributed by atoms with Gasteiger partial charge in [0.2, 0.25) is 0 Å². The lowest BCUT2D eigenvalue weighted by molar-refractivity contribution is -0.143. The SMILES string of the molecule is CC(C)(C)OC(=O)NC1C[C@H](C(=O)O)CCC1NC(=O)c1cc2cc(Cl)ccc2[nH]1. The molecule has 1 aliphatic rings. The van der Waals surface area contributed by atoms with E-state index in [0.29, 0.717) is 23.6 Å². The molecule has 2 aromatic rings. The number of fused-ring (bicyclic) bond motifs is 1. The number of H-pyrrole nitrogens is 1. The number of alkyl carbamates (subject to hydrolysis) is 1. The van der Waals surface area contributed by atoms with Crippen molar-refractivity contribution in [3.8, 4) is 0 Å². The molecule has 1 saturated carbocycles. The predicted molar refractivity (Wildman–Crippen MR) is 113 cm³/mol. The van der Waals surface area contributed by atoms with E-state index in [4.69, 9.17) is 16.3 Å². The minimum Gasteiger partial charge on any atom is -0.481 e. The van der Waals surface area contributed by atoms with Crippen LogP contribution in [0.5, 0.6) is 0 Å². The van der Waals surface area contributed by atoms with Crippen LogP contribution in [0, 0.1) is 5.92 Å². The largest absolute Gasteiger partial charge is 0.481 e. The van der Waals surface area contributed by atoms with Crippen molar-refractivity contribution in [1.29, 1.82) is 0 Å². The highest BCUT2D eigenvalue weighted by Crippen LogP contribution is 2.26. The van der Waals surface area contributed by atoms with Crippen LogP contribution in [0.1, 0.15) is 50.5 Å². The summed E-state index contributed by atoms with van der Waals surface area (Å²) in [5, 5.41) is 16.4. The lowest BCUT2D eigenvalue weighted by Gasteiger charge is -2.35. The smallest absolute Gasteiger partial charge is 0.407 e. The normalized spacial score (nSPS) is 21.8. The molecule has 2 unspecified atom stereocenters. The Morgan fingerprint density at radius 1 is 1.13 bits per heavy atom. The number of aliphatic carboxylic acids is 1. The summed E-state index contributed by atoms with van der Waals surface area (Å²) in [6.07, 6.45) is 0.407. The van der Waals surface area contributed by atoms with Gasteiger partial charge < -0.3 is 25.5 Å². The van der Waals surface area contributed by atoms with E-state index in [1.54, 1.807) is 45.0 Å². The third-order valence-corrected chi connectivity index (χ3v) is 5.28. The van der Waals surface area contributed by atoms with E-state index in [1.807, 2.05) is 0 Å². The van der Waals surface area contributed by atoms with Gasteiger partial charge in [-0.25, -0.2) is 4.79 Å². The van der Waals surface area contributed by atoms with Crippen LogP contribution in [0.2, 0.25) is 5.02 Å². The van der Waals surface area contributed by atoms with Crippen LogP contribution in [-0.4, -0.2) is 45.7 Å². The van der Waals surface area contributed by atoms with Crippen LogP contribution >= 0.6 is 11.6 Å². The zero-order valence-electron chi connectivity index (χ0n) is 17.1. The van der Waals surface area contributed by atoms with Gasteiger partial charge in [-0.05, 0) is 64.3 Å². The minimum absolute atomic E-state index is 0.210. The summed E-state index contributed by atoms with van der Waals surface area (Å²) in [4.78, 5) is 39.5. The first-order chi connectivity index (χ1) is 14.0. The highest BCUT2D eigenvalue weighted by molar-refractivity contribution is 6.31. The van der Waals surface area contributed by atoms with Crippen LogP contribution in [0.4, 0.5) is 4.79 Å². The number of hydrogen-bond acceptors (Lipinski definition) is 4. The van der Waals surface area contributed by atoms with Gasteiger partial charge in [0, 0.05) is 22.0 Å². The summed E-state index contributed by atoms with van der Waals surface area (Å²) >= 11 is 6.00. The summed E-state index contributed by atoms with van der Waals surface area (Å²) in [5.41, 5.74) is 0.459. The molecule has 2 amide bonds. The first-order valence-electron chi connectivity index (χ1n) is 9.83. The number of aromatic amines is 1. The highest BCUT2D eigenvalue weighted by Gasteiger charge is 2.36. The molecule has 8 nitrogen and oxygen atoms in total. The quantitative estimate of drug-likeness (QED) is 0.583. The number of carboxylic acids is 1. The molecule has 1 fully saturated rings. The Balaban J connectivity index is 1.73. The molecule has 0 radical (unpaired) electrons. The fourth-order valence-electron chi connectivity index (χ4n) is 3.66. The maximum atomic E-state index is 12.8. The summed E-state index contributed by atoms with van der Waals surface area (Å²) < 4.78 is 5.30. The number of halogens is 1. The Labute approximate surface area is 179 Å². The summed E-state index contributed by atoms with van der Waals surface area (Å²) in [7, 11) is 0. The second-order valence-corrected chi connectivity index (χ2v) is 9.03. The van der Waals surface area contributed by atoms with Gasteiger partial charge in [-0.1, -0.05) is 11.6 Å². The minimum atomic E-state index is -0.914. The van der Waals surface area contributed by atoms with E-state index >= 15 is 0 Å². The van der Waals surface area contributed by atoms with Crippen molar-refractivity contribution in [2.24, 2.45) is 5.92 Å². The Morgan fingerprint density at radius 2 is 1.87 bits per heavy atom. The number of ether oxygens (including phenoxy) is 1. The summed E-state index contributed by atoms with van der Waals surface area (Å²) in [6, 6.07) is 6.01. The first kappa shape index (κ1) is 22.0. The number of rotatable bonds is 4. The van der Waals surface area contributed by atoms with Gasteiger partial charge in [0.1, 0.15) is 11.3 Å². The number of carbonyl (C=O) groups is 3. The number of hydrogen-bond donors (Lipinski definition) is 4. The third kappa shape index (κ3) is 5.44.